The Kier molecular flexibility index (Phi) is 10.5. The minimum Gasteiger partial charge on any atom is -0.423 e. The predicted octanol–water partition coefficient (Wildman–Crippen LogP) is 8.81. The zero-order valence-electron chi connectivity index (χ0n) is 20.3. The second kappa shape index (κ2) is 13.6. The first-order chi connectivity index (χ1) is 16.5. The average molecular weight is 475 g/mol. The van der Waals surface area contributed by atoms with Crippen LogP contribution in [0.4, 0.5) is 13.2 Å². The van der Waals surface area contributed by atoms with Crippen LogP contribution in [0, 0.1) is 29.3 Å². The third-order valence-electron chi connectivity index (χ3n) is 7.13. The number of esters is 1. The summed E-state index contributed by atoms with van der Waals surface area (Å²) >= 11 is 0. The molecule has 3 rings (SSSR count). The SMILES string of the molecule is CCCCCCCC[C@H]1CC[C@H](CCc2ccc(C(=O)Oc3ccc(F)c(F)c3)c(F)c2)CC1. The lowest BCUT2D eigenvalue weighted by Crippen LogP contribution is -2.15. The smallest absolute Gasteiger partial charge is 0.346 e. The molecule has 0 aliphatic heterocycles. The molecule has 0 amide bonds. The molecule has 0 atom stereocenters. The van der Waals surface area contributed by atoms with Crippen LogP contribution >= 0.6 is 0 Å². The van der Waals surface area contributed by atoms with Gasteiger partial charge >= 0.3 is 5.97 Å². The number of aryl methyl sites for hydroxylation is 1. The van der Waals surface area contributed by atoms with E-state index in [2.05, 4.69) is 6.92 Å². The number of carbonyl (C=O) groups excluding carboxylic acids is 1. The van der Waals surface area contributed by atoms with Crippen molar-refractivity contribution in [2.24, 2.45) is 11.8 Å². The molecule has 0 unspecified atom stereocenters. The molecule has 0 bridgehead atoms. The molecule has 34 heavy (non-hydrogen) atoms. The summed E-state index contributed by atoms with van der Waals surface area (Å²) in [5.41, 5.74) is 0.639. The van der Waals surface area contributed by atoms with Crippen LogP contribution < -0.4 is 4.74 Å². The number of halogens is 3. The summed E-state index contributed by atoms with van der Waals surface area (Å²) in [6, 6.07) is 7.29. The Morgan fingerprint density at radius 3 is 2.15 bits per heavy atom. The van der Waals surface area contributed by atoms with Crippen LogP contribution in [-0.4, -0.2) is 5.97 Å². The third-order valence-corrected chi connectivity index (χ3v) is 7.13. The van der Waals surface area contributed by atoms with E-state index in [4.69, 9.17) is 4.74 Å². The van der Waals surface area contributed by atoms with Crippen molar-refractivity contribution in [3.05, 3.63) is 65.0 Å². The van der Waals surface area contributed by atoms with Crippen molar-refractivity contribution < 1.29 is 22.7 Å². The van der Waals surface area contributed by atoms with Gasteiger partial charge in [-0.2, -0.15) is 0 Å². The molecule has 1 aliphatic rings. The quantitative estimate of drug-likeness (QED) is 0.174. The fourth-order valence-corrected chi connectivity index (χ4v) is 4.97. The largest absolute Gasteiger partial charge is 0.423 e. The van der Waals surface area contributed by atoms with E-state index >= 15 is 0 Å². The molecule has 0 spiro atoms. The summed E-state index contributed by atoms with van der Waals surface area (Å²) in [5.74, 6) is -2.37. The number of unbranched alkanes of at least 4 members (excludes halogenated alkanes) is 5. The van der Waals surface area contributed by atoms with Crippen LogP contribution in [0.25, 0.3) is 0 Å². The van der Waals surface area contributed by atoms with Crippen molar-refractivity contribution in [3.63, 3.8) is 0 Å². The Bertz CT molecular complexity index is 920. The Balaban J connectivity index is 1.39. The first-order valence-corrected chi connectivity index (χ1v) is 12.9. The van der Waals surface area contributed by atoms with Gasteiger partial charge in [0.2, 0.25) is 0 Å². The molecule has 0 N–H and O–H groups in total. The van der Waals surface area contributed by atoms with E-state index in [9.17, 15) is 18.0 Å². The summed E-state index contributed by atoms with van der Waals surface area (Å²) < 4.78 is 45.8. The first-order valence-electron chi connectivity index (χ1n) is 12.9. The van der Waals surface area contributed by atoms with Gasteiger partial charge in [-0.1, -0.05) is 83.6 Å². The second-order valence-electron chi connectivity index (χ2n) is 9.76. The Labute approximate surface area is 201 Å². The summed E-state index contributed by atoms with van der Waals surface area (Å²) in [5, 5.41) is 0. The van der Waals surface area contributed by atoms with E-state index in [1.54, 1.807) is 6.07 Å². The fraction of sp³-hybridized carbons (Fsp3) is 0.552. The lowest BCUT2D eigenvalue weighted by Gasteiger charge is -2.28. The Hall–Kier alpha value is -2.30. The highest BCUT2D eigenvalue weighted by Crippen LogP contribution is 2.34. The number of hydrogen-bond acceptors (Lipinski definition) is 2. The van der Waals surface area contributed by atoms with E-state index in [1.807, 2.05) is 0 Å². The second-order valence-corrected chi connectivity index (χ2v) is 9.76. The van der Waals surface area contributed by atoms with Crippen molar-refractivity contribution >= 4 is 5.97 Å². The van der Waals surface area contributed by atoms with Gasteiger partial charge in [-0.15, -0.1) is 0 Å². The van der Waals surface area contributed by atoms with Gasteiger partial charge in [0.05, 0.1) is 5.56 Å². The highest BCUT2D eigenvalue weighted by atomic mass is 19.2. The number of rotatable bonds is 12. The van der Waals surface area contributed by atoms with Crippen molar-refractivity contribution in [3.8, 4) is 5.75 Å². The molecule has 0 saturated heterocycles. The minimum absolute atomic E-state index is 0.167. The molecule has 0 radical (unpaired) electrons. The van der Waals surface area contributed by atoms with E-state index in [0.717, 1.165) is 42.5 Å². The van der Waals surface area contributed by atoms with Gasteiger partial charge in [-0.25, -0.2) is 18.0 Å². The number of ether oxygens (including phenoxy) is 1. The molecule has 2 aromatic rings. The molecule has 2 aromatic carbocycles. The average Bonchev–Trinajstić information content (AvgIpc) is 2.83. The van der Waals surface area contributed by atoms with Crippen LogP contribution in [0.5, 0.6) is 5.75 Å². The maximum Gasteiger partial charge on any atom is 0.346 e. The zero-order valence-corrected chi connectivity index (χ0v) is 20.3. The van der Waals surface area contributed by atoms with Crippen molar-refractivity contribution in [2.75, 3.05) is 0 Å². The summed E-state index contributed by atoms with van der Waals surface area (Å²) in [7, 11) is 0. The summed E-state index contributed by atoms with van der Waals surface area (Å²) in [6.45, 7) is 2.25. The van der Waals surface area contributed by atoms with Gasteiger partial charge < -0.3 is 4.74 Å². The molecule has 0 aromatic heterocycles. The third kappa shape index (κ3) is 8.18. The van der Waals surface area contributed by atoms with Crippen molar-refractivity contribution in [2.45, 2.75) is 90.4 Å². The van der Waals surface area contributed by atoms with E-state index in [-0.39, 0.29) is 11.3 Å². The molecule has 0 heterocycles. The highest BCUT2D eigenvalue weighted by molar-refractivity contribution is 5.91. The molecule has 1 fully saturated rings. The van der Waals surface area contributed by atoms with Crippen LogP contribution in [-0.2, 0) is 6.42 Å². The predicted molar refractivity (Wildman–Crippen MR) is 129 cm³/mol. The topological polar surface area (TPSA) is 26.3 Å². The van der Waals surface area contributed by atoms with E-state index in [1.165, 1.54) is 82.8 Å². The monoisotopic (exact) mass is 474 g/mol. The number of hydrogen-bond donors (Lipinski definition) is 0. The summed E-state index contributed by atoms with van der Waals surface area (Å²) in [4.78, 5) is 12.2. The van der Waals surface area contributed by atoms with Crippen molar-refractivity contribution in [1.82, 2.24) is 0 Å². The number of benzene rings is 2. The fourth-order valence-electron chi connectivity index (χ4n) is 4.97. The van der Waals surface area contributed by atoms with Crippen molar-refractivity contribution in [1.29, 1.82) is 0 Å². The molecule has 5 heteroatoms. The molecule has 186 valence electrons. The lowest BCUT2D eigenvalue weighted by atomic mass is 9.77. The minimum atomic E-state index is -1.13. The normalized spacial score (nSPS) is 18.1. The van der Waals surface area contributed by atoms with E-state index < -0.39 is 23.4 Å². The van der Waals surface area contributed by atoms with Gasteiger partial charge in [-0.05, 0) is 54.5 Å². The van der Waals surface area contributed by atoms with Gasteiger partial charge in [0.1, 0.15) is 11.6 Å². The highest BCUT2D eigenvalue weighted by Gasteiger charge is 2.21. The van der Waals surface area contributed by atoms with Gasteiger partial charge in [0.15, 0.2) is 11.6 Å². The lowest BCUT2D eigenvalue weighted by molar-refractivity contribution is 0.0729. The molecular weight excluding hydrogens is 437 g/mol. The first kappa shape index (κ1) is 26.3. The van der Waals surface area contributed by atoms with E-state index in [0.29, 0.717) is 5.92 Å². The Morgan fingerprint density at radius 1 is 0.794 bits per heavy atom. The maximum absolute atomic E-state index is 14.5. The van der Waals surface area contributed by atoms with Gasteiger partial charge in [0.25, 0.3) is 0 Å². The maximum atomic E-state index is 14.5. The van der Waals surface area contributed by atoms with Gasteiger partial charge in [0, 0.05) is 6.07 Å². The number of carbonyl (C=O) groups is 1. The molecule has 1 aliphatic carbocycles. The Morgan fingerprint density at radius 2 is 1.47 bits per heavy atom. The molecular formula is C29H37F3O2. The standard InChI is InChI=1S/C29H37F3O2/c1-2-3-4-5-6-7-8-21-9-11-22(12-10-21)13-14-23-15-17-25(27(31)19-23)29(33)34-24-16-18-26(30)28(32)20-24/h15-22H,2-14H2,1H3/t21-,22-. The summed E-state index contributed by atoms with van der Waals surface area (Å²) in [6.07, 6.45) is 16.4. The molecule has 1 saturated carbocycles. The van der Waals surface area contributed by atoms with Gasteiger partial charge in [-0.3, -0.25) is 0 Å². The molecule has 2 nitrogen and oxygen atoms in total. The van der Waals surface area contributed by atoms with Crippen LogP contribution in [0.15, 0.2) is 36.4 Å². The van der Waals surface area contributed by atoms with Crippen LogP contribution in [0.3, 0.4) is 0 Å². The van der Waals surface area contributed by atoms with Crippen LogP contribution in [0.2, 0.25) is 0 Å². The van der Waals surface area contributed by atoms with Crippen LogP contribution in [0.1, 0.15) is 99.9 Å². The zero-order chi connectivity index (χ0) is 24.3.